The van der Waals surface area contributed by atoms with Gasteiger partial charge >= 0.3 is 0 Å². The van der Waals surface area contributed by atoms with Crippen LogP contribution in [0.15, 0.2) is 36.4 Å². The van der Waals surface area contributed by atoms with Crippen molar-refractivity contribution in [2.45, 2.75) is 36.5 Å². The van der Waals surface area contributed by atoms with Gasteiger partial charge in [0.25, 0.3) is 5.69 Å². The van der Waals surface area contributed by atoms with Gasteiger partial charge in [-0.05, 0) is 90.2 Å². The first-order valence-electron chi connectivity index (χ1n) is 12.1. The Kier molecular flexibility index (Phi) is 5.90. The number of piperidine rings is 2. The smallest absolute Gasteiger partial charge is 0.269 e. The van der Waals surface area contributed by atoms with Crippen molar-refractivity contribution in [1.82, 2.24) is 9.80 Å². The second-order valence-corrected chi connectivity index (χ2v) is 10.4. The number of nitrogen functional groups attached to an aromatic ring is 1. The van der Waals surface area contributed by atoms with Crippen molar-refractivity contribution in [1.29, 1.82) is 0 Å². The minimum absolute atomic E-state index is 0.00609. The highest BCUT2D eigenvalue weighted by Gasteiger charge is 2.44. The number of nitrogens with two attached hydrogens (primary N) is 1. The lowest BCUT2D eigenvalue weighted by Gasteiger charge is -2.36. The largest absolute Gasteiger partial charge is 0.492 e. The van der Waals surface area contributed by atoms with E-state index in [2.05, 4.69) is 30.0 Å². The zero-order chi connectivity index (χ0) is 23.9. The molecule has 2 saturated heterocycles. The van der Waals surface area contributed by atoms with Crippen molar-refractivity contribution in [2.24, 2.45) is 0 Å². The molecule has 2 fully saturated rings. The predicted octanol–water partition coefficient (Wildman–Crippen LogP) is 3.58. The Labute approximate surface area is 200 Å². The summed E-state index contributed by atoms with van der Waals surface area (Å²) >= 11 is 0. The molecular weight excluding hydrogens is 432 g/mol. The number of nitro benzene ring substituents is 1. The quantitative estimate of drug-likeness (QED) is 0.390. The molecule has 8 heteroatoms. The van der Waals surface area contributed by atoms with Crippen molar-refractivity contribution in [3.63, 3.8) is 0 Å². The number of likely N-dealkylation sites (tertiary alicyclic amines) is 2. The summed E-state index contributed by atoms with van der Waals surface area (Å²) in [7, 11) is 4.29. The topological polar surface area (TPSA) is 94.1 Å². The van der Waals surface area contributed by atoms with E-state index in [4.69, 9.17) is 15.2 Å². The van der Waals surface area contributed by atoms with Crippen LogP contribution in [0.3, 0.4) is 0 Å². The van der Waals surface area contributed by atoms with Crippen molar-refractivity contribution in [3.05, 3.63) is 57.6 Å². The summed E-state index contributed by atoms with van der Waals surface area (Å²) in [5.74, 6) is 1.86. The third-order valence-electron chi connectivity index (χ3n) is 8.22. The Morgan fingerprint density at radius 1 is 0.824 bits per heavy atom. The molecule has 2 N–H and O–H groups in total. The van der Waals surface area contributed by atoms with Gasteiger partial charge in [0.15, 0.2) is 0 Å². The highest BCUT2D eigenvalue weighted by molar-refractivity contribution is 5.53. The summed E-state index contributed by atoms with van der Waals surface area (Å²) in [4.78, 5) is 15.2. The third kappa shape index (κ3) is 4.09. The summed E-state index contributed by atoms with van der Waals surface area (Å²) in [6, 6.07) is 11.0. The molecule has 4 heterocycles. The van der Waals surface area contributed by atoms with Gasteiger partial charge in [-0.15, -0.1) is 0 Å². The molecule has 0 atom stereocenters. The maximum absolute atomic E-state index is 10.9. The van der Waals surface area contributed by atoms with Crippen LogP contribution in [-0.2, 0) is 10.8 Å². The number of anilines is 1. The highest BCUT2D eigenvalue weighted by Crippen LogP contribution is 2.47. The number of nitrogens with zero attached hydrogens (tertiary/aromatic N) is 3. The second kappa shape index (κ2) is 8.74. The SMILES string of the molecule is CN1CCC2(CC1)COc1ccc(N)cc12.CN1CCC2(CC1)COc1ccc([N+](=O)[O-])cc12. The normalized spacial score (nSPS) is 22.3. The molecule has 0 aliphatic carbocycles. The average Bonchev–Trinajstić information content (AvgIpc) is 3.37. The Hall–Kier alpha value is -2.84. The highest BCUT2D eigenvalue weighted by atomic mass is 16.6. The Bertz CT molecular complexity index is 1070. The van der Waals surface area contributed by atoms with E-state index in [-0.39, 0.29) is 21.4 Å². The fourth-order valence-electron chi connectivity index (χ4n) is 5.77. The van der Waals surface area contributed by atoms with Crippen molar-refractivity contribution in [3.8, 4) is 11.5 Å². The van der Waals surface area contributed by atoms with Crippen LogP contribution in [0.25, 0.3) is 0 Å². The van der Waals surface area contributed by atoms with E-state index in [1.165, 1.54) is 24.5 Å². The van der Waals surface area contributed by atoms with E-state index in [1.54, 1.807) is 12.1 Å². The molecule has 0 radical (unpaired) electrons. The number of nitro groups is 1. The Morgan fingerprint density at radius 3 is 1.79 bits per heavy atom. The van der Waals surface area contributed by atoms with Crippen LogP contribution in [0, 0.1) is 10.1 Å². The number of non-ortho nitro benzene ring substituents is 1. The summed E-state index contributed by atoms with van der Waals surface area (Å²) in [5.41, 5.74) is 9.49. The van der Waals surface area contributed by atoms with Gasteiger partial charge in [-0.1, -0.05) is 0 Å². The number of hydrogen-bond acceptors (Lipinski definition) is 7. The van der Waals surface area contributed by atoms with Crippen LogP contribution in [0.5, 0.6) is 11.5 Å². The lowest BCUT2D eigenvalue weighted by molar-refractivity contribution is -0.385. The first-order chi connectivity index (χ1) is 16.3. The Balaban J connectivity index is 0.000000142. The minimum Gasteiger partial charge on any atom is -0.492 e. The first kappa shape index (κ1) is 22.9. The zero-order valence-corrected chi connectivity index (χ0v) is 20.1. The lowest BCUT2D eigenvalue weighted by atomic mass is 9.74. The molecule has 8 nitrogen and oxygen atoms in total. The summed E-state index contributed by atoms with van der Waals surface area (Å²) < 4.78 is 11.5. The van der Waals surface area contributed by atoms with E-state index < -0.39 is 0 Å². The molecule has 0 saturated carbocycles. The number of rotatable bonds is 1. The number of ether oxygens (including phenoxy) is 2. The minimum atomic E-state index is -0.332. The van der Waals surface area contributed by atoms with Crippen molar-refractivity contribution < 1.29 is 14.4 Å². The van der Waals surface area contributed by atoms with Gasteiger partial charge in [-0.25, -0.2) is 0 Å². The molecule has 2 aromatic carbocycles. The molecule has 182 valence electrons. The van der Waals surface area contributed by atoms with E-state index in [1.807, 2.05) is 12.1 Å². The summed E-state index contributed by atoms with van der Waals surface area (Å²) in [6.45, 7) is 5.84. The molecule has 2 spiro atoms. The van der Waals surface area contributed by atoms with Gasteiger partial charge in [0.1, 0.15) is 11.5 Å². The fraction of sp³-hybridized carbons (Fsp3) is 0.538. The Morgan fingerprint density at radius 2 is 1.29 bits per heavy atom. The molecule has 4 aliphatic heterocycles. The molecule has 34 heavy (non-hydrogen) atoms. The number of benzene rings is 2. The first-order valence-corrected chi connectivity index (χ1v) is 12.1. The molecule has 0 aromatic heterocycles. The number of hydrogen-bond donors (Lipinski definition) is 1. The summed E-state index contributed by atoms with van der Waals surface area (Å²) in [6.07, 6.45) is 4.38. The maximum Gasteiger partial charge on any atom is 0.269 e. The molecular formula is C26H34N4O4. The molecule has 2 aromatic rings. The van der Waals surface area contributed by atoms with Crippen LogP contribution in [0.2, 0.25) is 0 Å². The monoisotopic (exact) mass is 466 g/mol. The zero-order valence-electron chi connectivity index (χ0n) is 20.1. The fourth-order valence-corrected chi connectivity index (χ4v) is 5.77. The predicted molar refractivity (Wildman–Crippen MR) is 132 cm³/mol. The van der Waals surface area contributed by atoms with Crippen LogP contribution < -0.4 is 15.2 Å². The second-order valence-electron chi connectivity index (χ2n) is 10.4. The van der Waals surface area contributed by atoms with Crippen LogP contribution in [0.1, 0.15) is 36.8 Å². The van der Waals surface area contributed by atoms with Gasteiger partial charge in [0.2, 0.25) is 0 Å². The van der Waals surface area contributed by atoms with Crippen LogP contribution in [-0.4, -0.2) is 68.2 Å². The van der Waals surface area contributed by atoms with Gasteiger partial charge in [-0.3, -0.25) is 10.1 Å². The van der Waals surface area contributed by atoms with Gasteiger partial charge < -0.3 is 25.0 Å². The maximum atomic E-state index is 10.9. The van der Waals surface area contributed by atoms with Gasteiger partial charge in [0.05, 0.1) is 18.1 Å². The lowest BCUT2D eigenvalue weighted by Crippen LogP contribution is -2.41. The molecule has 0 unspecified atom stereocenters. The summed E-state index contributed by atoms with van der Waals surface area (Å²) in [5, 5.41) is 10.9. The number of fused-ring (bicyclic) bond motifs is 4. The van der Waals surface area contributed by atoms with E-state index in [9.17, 15) is 10.1 Å². The van der Waals surface area contributed by atoms with E-state index in [0.29, 0.717) is 6.61 Å². The molecule has 4 aliphatic rings. The van der Waals surface area contributed by atoms with E-state index in [0.717, 1.165) is 68.4 Å². The van der Waals surface area contributed by atoms with Gasteiger partial charge in [-0.2, -0.15) is 0 Å². The van der Waals surface area contributed by atoms with Gasteiger partial charge in [0, 0.05) is 39.8 Å². The molecule has 6 rings (SSSR count). The van der Waals surface area contributed by atoms with Crippen molar-refractivity contribution in [2.75, 3.05) is 59.2 Å². The average molecular weight is 467 g/mol. The van der Waals surface area contributed by atoms with Crippen LogP contribution in [0.4, 0.5) is 11.4 Å². The van der Waals surface area contributed by atoms with E-state index >= 15 is 0 Å². The third-order valence-corrected chi connectivity index (χ3v) is 8.22. The molecule has 0 amide bonds. The molecule has 0 bridgehead atoms. The van der Waals surface area contributed by atoms with Crippen LogP contribution >= 0.6 is 0 Å². The standard InChI is InChI=1S/C13H16N2O3.C13H18N2O/c1-14-6-4-13(5-7-14)9-18-12-3-2-10(15(16)17)8-11(12)13;1-15-6-4-13(5-7-15)9-16-12-3-2-10(14)8-11(12)13/h2-3,8H,4-7,9H2,1H3;2-3,8H,4-7,9,14H2,1H3. The van der Waals surface area contributed by atoms with Crippen molar-refractivity contribution >= 4 is 11.4 Å².